The first-order valence-electron chi connectivity index (χ1n) is 12.8. The van der Waals surface area contributed by atoms with Gasteiger partial charge in [0.05, 0.1) is 5.56 Å². The van der Waals surface area contributed by atoms with Crippen LogP contribution in [0.4, 0.5) is 0 Å². The number of aromatic hydroxyl groups is 2. The summed E-state index contributed by atoms with van der Waals surface area (Å²) in [7, 11) is 0. The van der Waals surface area contributed by atoms with Gasteiger partial charge in [0.25, 0.3) is 0 Å². The van der Waals surface area contributed by atoms with E-state index in [0.717, 1.165) is 52.6 Å². The number of terminal acetylenes is 1. The highest BCUT2D eigenvalue weighted by molar-refractivity contribution is 5.96. The highest BCUT2D eigenvalue weighted by Crippen LogP contribution is 2.48. The van der Waals surface area contributed by atoms with Gasteiger partial charge in [0.15, 0.2) is 0 Å². The Labute approximate surface area is 219 Å². The Balaban J connectivity index is 1.43. The minimum absolute atomic E-state index is 0.0472. The Morgan fingerprint density at radius 2 is 1.89 bits per heavy atom. The first kappa shape index (κ1) is 24.8. The van der Waals surface area contributed by atoms with Crippen LogP contribution in [0.3, 0.4) is 0 Å². The van der Waals surface area contributed by atoms with E-state index in [1.54, 1.807) is 30.3 Å². The molecule has 0 aliphatic carbocycles. The maximum absolute atomic E-state index is 10.5. The maximum atomic E-state index is 10.5. The lowest BCUT2D eigenvalue weighted by Crippen LogP contribution is -2.35. The van der Waals surface area contributed by atoms with E-state index in [1.165, 1.54) is 6.42 Å². The SMILES string of the molecule is C#Cc1ccc(C2=C(C)c3cc(O)ccc3OC2c2ccc(OCC(C)N3CCC(C)C3)cc2)cc1O. The molecule has 190 valence electrons. The standard InChI is InChI=1S/C32H33NO4/c1-5-23-6-7-25(16-29(23)35)31-22(4)28-17-26(34)10-13-30(28)37-32(31)24-8-11-27(12-9-24)36-19-21(3)33-15-14-20(2)18-33/h1,6-13,16-17,20-21,32,34-35H,14-15,18-19H2,2-4H3. The molecule has 2 heterocycles. The smallest absolute Gasteiger partial charge is 0.150 e. The largest absolute Gasteiger partial charge is 0.508 e. The molecule has 2 N–H and O–H groups in total. The fourth-order valence-electron chi connectivity index (χ4n) is 5.30. The summed E-state index contributed by atoms with van der Waals surface area (Å²) in [5.41, 5.74) is 4.89. The lowest BCUT2D eigenvalue weighted by Gasteiger charge is -2.31. The van der Waals surface area contributed by atoms with Gasteiger partial charge in [0, 0.05) is 23.7 Å². The second kappa shape index (κ2) is 10.2. The summed E-state index contributed by atoms with van der Waals surface area (Å²) < 4.78 is 12.6. The third-order valence-corrected chi connectivity index (χ3v) is 7.50. The summed E-state index contributed by atoms with van der Waals surface area (Å²) in [6.45, 7) is 9.44. The van der Waals surface area contributed by atoms with Crippen LogP contribution in [-0.2, 0) is 0 Å². The van der Waals surface area contributed by atoms with E-state index in [-0.39, 0.29) is 11.5 Å². The number of hydrogen-bond donors (Lipinski definition) is 2. The Morgan fingerprint density at radius 3 is 2.57 bits per heavy atom. The molecule has 5 heteroatoms. The second-order valence-corrected chi connectivity index (χ2v) is 10.2. The van der Waals surface area contributed by atoms with Crippen molar-refractivity contribution < 1.29 is 19.7 Å². The van der Waals surface area contributed by atoms with Gasteiger partial charge in [-0.05, 0) is 91.9 Å². The molecule has 2 aliphatic rings. The molecule has 0 saturated carbocycles. The predicted molar refractivity (Wildman–Crippen MR) is 147 cm³/mol. The number of rotatable bonds is 6. The fraction of sp³-hybridized carbons (Fsp3) is 0.312. The maximum Gasteiger partial charge on any atom is 0.150 e. The number of benzene rings is 3. The van der Waals surface area contributed by atoms with Crippen LogP contribution in [0.25, 0.3) is 11.1 Å². The molecule has 3 aromatic rings. The highest BCUT2D eigenvalue weighted by atomic mass is 16.5. The molecule has 0 spiro atoms. The third-order valence-electron chi connectivity index (χ3n) is 7.50. The molecule has 0 amide bonds. The quantitative estimate of drug-likeness (QED) is 0.396. The second-order valence-electron chi connectivity index (χ2n) is 10.2. The number of allylic oxidation sites excluding steroid dienone is 1. The zero-order valence-electron chi connectivity index (χ0n) is 21.6. The summed E-state index contributed by atoms with van der Waals surface area (Å²) in [4.78, 5) is 2.49. The number of likely N-dealkylation sites (tertiary alicyclic amines) is 1. The molecule has 37 heavy (non-hydrogen) atoms. The number of phenols is 2. The summed E-state index contributed by atoms with van der Waals surface area (Å²) >= 11 is 0. The zero-order valence-corrected chi connectivity index (χ0v) is 21.6. The number of hydrogen-bond acceptors (Lipinski definition) is 5. The van der Waals surface area contributed by atoms with Crippen LogP contribution < -0.4 is 9.47 Å². The van der Waals surface area contributed by atoms with Crippen LogP contribution in [-0.4, -0.2) is 40.9 Å². The molecule has 3 aromatic carbocycles. The summed E-state index contributed by atoms with van der Waals surface area (Å²) in [6.07, 6.45) is 6.36. The van der Waals surface area contributed by atoms with Gasteiger partial charge < -0.3 is 19.7 Å². The van der Waals surface area contributed by atoms with E-state index in [1.807, 2.05) is 37.3 Å². The van der Waals surface area contributed by atoms with Gasteiger partial charge in [-0.25, -0.2) is 0 Å². The van der Waals surface area contributed by atoms with Crippen molar-refractivity contribution in [1.82, 2.24) is 4.90 Å². The van der Waals surface area contributed by atoms with Crippen LogP contribution in [0.15, 0.2) is 60.7 Å². The number of ether oxygens (including phenoxy) is 2. The molecule has 3 atom stereocenters. The van der Waals surface area contributed by atoms with Crippen molar-refractivity contribution in [2.24, 2.45) is 5.92 Å². The lowest BCUT2D eigenvalue weighted by molar-refractivity contribution is 0.169. The summed E-state index contributed by atoms with van der Waals surface area (Å²) in [6, 6.07) is 18.8. The Hall–Kier alpha value is -3.88. The van der Waals surface area contributed by atoms with Crippen molar-refractivity contribution in [3.8, 4) is 35.3 Å². The fourth-order valence-corrected chi connectivity index (χ4v) is 5.30. The van der Waals surface area contributed by atoms with Crippen LogP contribution in [0.1, 0.15) is 55.5 Å². The molecular weight excluding hydrogens is 462 g/mol. The van der Waals surface area contributed by atoms with E-state index in [2.05, 4.69) is 24.7 Å². The third kappa shape index (κ3) is 5.03. The van der Waals surface area contributed by atoms with Gasteiger partial charge in [0.1, 0.15) is 35.7 Å². The lowest BCUT2D eigenvalue weighted by atomic mass is 9.85. The van der Waals surface area contributed by atoms with Crippen molar-refractivity contribution in [3.05, 3.63) is 82.9 Å². The average molecular weight is 496 g/mol. The van der Waals surface area contributed by atoms with E-state index in [9.17, 15) is 10.2 Å². The number of fused-ring (bicyclic) bond motifs is 1. The molecule has 0 radical (unpaired) electrons. The van der Waals surface area contributed by atoms with Crippen molar-refractivity contribution in [1.29, 1.82) is 0 Å². The molecule has 5 nitrogen and oxygen atoms in total. The first-order valence-corrected chi connectivity index (χ1v) is 12.8. The van der Waals surface area contributed by atoms with Gasteiger partial charge in [0.2, 0.25) is 0 Å². The van der Waals surface area contributed by atoms with Crippen LogP contribution >= 0.6 is 0 Å². The van der Waals surface area contributed by atoms with Gasteiger partial charge in [-0.2, -0.15) is 0 Å². The van der Waals surface area contributed by atoms with Gasteiger partial charge in [-0.3, -0.25) is 4.90 Å². The Kier molecular flexibility index (Phi) is 6.86. The van der Waals surface area contributed by atoms with E-state index in [4.69, 9.17) is 15.9 Å². The monoisotopic (exact) mass is 495 g/mol. The normalized spacial score (nSPS) is 20.2. The van der Waals surface area contributed by atoms with Crippen molar-refractivity contribution in [2.75, 3.05) is 19.7 Å². The zero-order chi connectivity index (χ0) is 26.1. The summed E-state index contributed by atoms with van der Waals surface area (Å²) in [5.74, 6) is 4.99. The Bertz CT molecular complexity index is 1370. The first-order chi connectivity index (χ1) is 17.8. The number of phenolic OH excluding ortho intramolecular Hbond substituents is 2. The van der Waals surface area contributed by atoms with Gasteiger partial charge >= 0.3 is 0 Å². The topological polar surface area (TPSA) is 62.2 Å². The van der Waals surface area contributed by atoms with Crippen molar-refractivity contribution in [2.45, 2.75) is 39.3 Å². The molecule has 1 fully saturated rings. The van der Waals surface area contributed by atoms with Crippen LogP contribution in [0, 0.1) is 18.3 Å². The van der Waals surface area contributed by atoms with E-state index in [0.29, 0.717) is 24.0 Å². The number of nitrogens with zero attached hydrogens (tertiary/aromatic N) is 1. The molecule has 0 aromatic heterocycles. The summed E-state index contributed by atoms with van der Waals surface area (Å²) in [5, 5.41) is 20.6. The molecule has 0 bridgehead atoms. The Morgan fingerprint density at radius 1 is 1.11 bits per heavy atom. The average Bonchev–Trinajstić information content (AvgIpc) is 3.34. The molecule has 5 rings (SSSR count). The van der Waals surface area contributed by atoms with Crippen LogP contribution in [0.5, 0.6) is 23.0 Å². The minimum Gasteiger partial charge on any atom is -0.508 e. The molecule has 1 saturated heterocycles. The molecule has 2 aliphatic heterocycles. The van der Waals surface area contributed by atoms with Crippen molar-refractivity contribution >= 4 is 11.1 Å². The van der Waals surface area contributed by atoms with Crippen molar-refractivity contribution in [3.63, 3.8) is 0 Å². The van der Waals surface area contributed by atoms with E-state index < -0.39 is 6.10 Å². The van der Waals surface area contributed by atoms with Gasteiger partial charge in [-0.1, -0.05) is 31.0 Å². The van der Waals surface area contributed by atoms with Gasteiger partial charge in [-0.15, -0.1) is 6.42 Å². The van der Waals surface area contributed by atoms with Crippen LogP contribution in [0.2, 0.25) is 0 Å². The predicted octanol–water partition coefficient (Wildman–Crippen LogP) is 6.25. The molecule has 3 unspecified atom stereocenters. The minimum atomic E-state index is -0.410. The highest BCUT2D eigenvalue weighted by Gasteiger charge is 2.30. The molecular formula is C32H33NO4. The van der Waals surface area contributed by atoms with E-state index >= 15 is 0 Å².